The zero-order chi connectivity index (χ0) is 14.5. The van der Waals surface area contributed by atoms with Crippen LogP contribution in [0.25, 0.3) is 0 Å². The number of hydrogen-bond donors (Lipinski definition) is 0. The van der Waals surface area contributed by atoms with Crippen molar-refractivity contribution in [3.63, 3.8) is 0 Å². The fourth-order valence-corrected chi connectivity index (χ4v) is 2.33. The highest BCUT2D eigenvalue weighted by Crippen LogP contribution is 2.10. The van der Waals surface area contributed by atoms with Gasteiger partial charge in [-0.1, -0.05) is 41.9 Å². The first-order chi connectivity index (χ1) is 9.58. The molecule has 1 aromatic carbocycles. The molecule has 1 aliphatic heterocycles. The van der Waals surface area contributed by atoms with E-state index >= 15 is 0 Å². The second-order valence-electron chi connectivity index (χ2n) is 4.67. The molecule has 2 rings (SSSR count). The third-order valence-electron chi connectivity index (χ3n) is 3.33. The molecule has 1 unspecified atom stereocenters. The van der Waals surface area contributed by atoms with E-state index in [2.05, 4.69) is 0 Å². The van der Waals surface area contributed by atoms with E-state index in [9.17, 15) is 14.0 Å². The number of halogens is 2. The van der Waals surface area contributed by atoms with E-state index in [-0.39, 0.29) is 5.91 Å². The normalized spacial score (nSPS) is 16.9. The van der Waals surface area contributed by atoms with Gasteiger partial charge < -0.3 is 9.80 Å². The zero-order valence-electron chi connectivity index (χ0n) is 11.0. The predicted molar refractivity (Wildman–Crippen MR) is 74.1 cm³/mol. The van der Waals surface area contributed by atoms with Crippen LogP contribution in [0, 0.1) is 0 Å². The molecule has 108 valence electrons. The van der Waals surface area contributed by atoms with Crippen LogP contribution < -0.4 is 0 Å². The Morgan fingerprint density at radius 2 is 1.65 bits per heavy atom. The quantitative estimate of drug-likeness (QED) is 0.792. The largest absolute Gasteiger partial charge is 0.339 e. The third-order valence-corrected chi connectivity index (χ3v) is 3.52. The van der Waals surface area contributed by atoms with Crippen molar-refractivity contribution in [3.8, 4) is 0 Å². The highest BCUT2D eigenvalue weighted by atomic mass is 35.5. The molecule has 1 heterocycles. The Bertz CT molecular complexity index is 473. The summed E-state index contributed by atoms with van der Waals surface area (Å²) in [6.45, 7) is 1.49. The maximum Gasteiger partial charge on any atom is 0.272 e. The predicted octanol–water partition coefficient (Wildman–Crippen LogP) is 1.43. The van der Waals surface area contributed by atoms with E-state index in [0.29, 0.717) is 32.6 Å². The van der Waals surface area contributed by atoms with Crippen LogP contribution in [-0.4, -0.2) is 53.4 Å². The van der Waals surface area contributed by atoms with E-state index in [0.717, 1.165) is 5.56 Å². The highest BCUT2D eigenvalue weighted by molar-refractivity contribution is 6.29. The van der Waals surface area contributed by atoms with Gasteiger partial charge in [-0.05, 0) is 5.56 Å². The molecule has 0 aromatic heterocycles. The minimum atomic E-state index is -2.00. The number of hydrogen-bond acceptors (Lipinski definition) is 2. The van der Waals surface area contributed by atoms with Crippen molar-refractivity contribution in [2.24, 2.45) is 0 Å². The molecule has 0 saturated carbocycles. The summed E-state index contributed by atoms with van der Waals surface area (Å²) in [6, 6.07) is 9.48. The molecule has 0 aliphatic carbocycles. The Balaban J connectivity index is 1.84. The standard InChI is InChI=1S/C14H16ClFN2O2/c15-13(16)14(20)18-8-6-17(7-9-18)12(19)10-11-4-2-1-3-5-11/h1-5,13H,6-10H2. The Morgan fingerprint density at radius 1 is 1.10 bits per heavy atom. The topological polar surface area (TPSA) is 40.6 Å². The van der Waals surface area contributed by atoms with Crippen LogP contribution in [0.4, 0.5) is 4.39 Å². The van der Waals surface area contributed by atoms with Crippen LogP contribution in [0.3, 0.4) is 0 Å². The summed E-state index contributed by atoms with van der Waals surface area (Å²) < 4.78 is 12.7. The van der Waals surface area contributed by atoms with Gasteiger partial charge in [0.15, 0.2) is 0 Å². The fraction of sp³-hybridized carbons (Fsp3) is 0.429. The van der Waals surface area contributed by atoms with Crippen molar-refractivity contribution < 1.29 is 14.0 Å². The van der Waals surface area contributed by atoms with Crippen molar-refractivity contribution in [2.75, 3.05) is 26.2 Å². The first kappa shape index (κ1) is 14.8. The van der Waals surface area contributed by atoms with Crippen molar-refractivity contribution in [3.05, 3.63) is 35.9 Å². The Hall–Kier alpha value is -1.62. The minimum Gasteiger partial charge on any atom is -0.339 e. The highest BCUT2D eigenvalue weighted by Gasteiger charge is 2.27. The molecular weight excluding hydrogens is 283 g/mol. The van der Waals surface area contributed by atoms with Crippen LogP contribution in [0.2, 0.25) is 0 Å². The minimum absolute atomic E-state index is 0.0194. The van der Waals surface area contributed by atoms with Gasteiger partial charge >= 0.3 is 0 Å². The molecule has 0 radical (unpaired) electrons. The molecule has 20 heavy (non-hydrogen) atoms. The van der Waals surface area contributed by atoms with E-state index in [1.165, 1.54) is 4.90 Å². The first-order valence-electron chi connectivity index (χ1n) is 6.46. The Morgan fingerprint density at radius 3 is 2.20 bits per heavy atom. The number of carbonyl (C=O) groups is 2. The Labute approximate surface area is 122 Å². The summed E-state index contributed by atoms with van der Waals surface area (Å²) in [7, 11) is 0. The van der Waals surface area contributed by atoms with Gasteiger partial charge in [-0.3, -0.25) is 9.59 Å². The van der Waals surface area contributed by atoms with Gasteiger partial charge in [0.1, 0.15) is 0 Å². The van der Waals surface area contributed by atoms with Gasteiger partial charge in [0.25, 0.3) is 11.5 Å². The molecular formula is C14H16ClFN2O2. The maximum absolute atomic E-state index is 12.7. The Kier molecular flexibility index (Phi) is 4.95. The van der Waals surface area contributed by atoms with Gasteiger partial charge in [0, 0.05) is 26.2 Å². The number of piperazine rings is 1. The summed E-state index contributed by atoms with van der Waals surface area (Å²) in [4.78, 5) is 26.5. The number of carbonyl (C=O) groups excluding carboxylic acids is 2. The molecule has 4 nitrogen and oxygen atoms in total. The number of rotatable bonds is 3. The smallest absolute Gasteiger partial charge is 0.272 e. The van der Waals surface area contributed by atoms with Gasteiger partial charge in [-0.15, -0.1) is 0 Å². The average Bonchev–Trinajstić information content (AvgIpc) is 2.47. The van der Waals surface area contributed by atoms with Crippen LogP contribution in [0.5, 0.6) is 0 Å². The summed E-state index contributed by atoms with van der Waals surface area (Å²) in [5.74, 6) is -0.701. The van der Waals surface area contributed by atoms with Gasteiger partial charge in [-0.2, -0.15) is 0 Å². The average molecular weight is 299 g/mol. The van der Waals surface area contributed by atoms with Crippen molar-refractivity contribution in [2.45, 2.75) is 12.1 Å². The molecule has 1 aromatic rings. The SMILES string of the molecule is O=C(Cc1ccccc1)N1CCN(C(=O)C(F)Cl)CC1. The van der Waals surface area contributed by atoms with E-state index in [1.807, 2.05) is 30.3 Å². The second kappa shape index (κ2) is 6.70. The summed E-state index contributed by atoms with van der Waals surface area (Å²) >= 11 is 5.13. The van der Waals surface area contributed by atoms with E-state index in [1.54, 1.807) is 4.90 Å². The molecule has 1 fully saturated rings. The number of amides is 2. The number of benzene rings is 1. The lowest BCUT2D eigenvalue weighted by atomic mass is 10.1. The molecule has 0 bridgehead atoms. The van der Waals surface area contributed by atoms with Crippen LogP contribution in [-0.2, 0) is 16.0 Å². The number of alkyl halides is 2. The fourth-order valence-electron chi connectivity index (χ4n) is 2.20. The summed E-state index contributed by atoms with van der Waals surface area (Å²) in [5.41, 5.74) is -1.04. The van der Waals surface area contributed by atoms with Gasteiger partial charge in [-0.25, -0.2) is 4.39 Å². The molecule has 0 N–H and O–H groups in total. The van der Waals surface area contributed by atoms with Crippen LogP contribution >= 0.6 is 11.6 Å². The lowest BCUT2D eigenvalue weighted by Gasteiger charge is -2.34. The monoisotopic (exact) mass is 298 g/mol. The maximum atomic E-state index is 12.7. The zero-order valence-corrected chi connectivity index (χ0v) is 11.7. The van der Waals surface area contributed by atoms with Crippen LogP contribution in [0.15, 0.2) is 30.3 Å². The van der Waals surface area contributed by atoms with Crippen molar-refractivity contribution >= 4 is 23.4 Å². The lowest BCUT2D eigenvalue weighted by molar-refractivity contribution is -0.140. The van der Waals surface area contributed by atoms with Crippen LogP contribution in [0.1, 0.15) is 5.56 Å². The van der Waals surface area contributed by atoms with Gasteiger partial charge in [0.05, 0.1) is 6.42 Å². The summed E-state index contributed by atoms with van der Waals surface area (Å²) in [5, 5.41) is 0. The molecule has 1 aliphatic rings. The molecule has 2 amide bonds. The van der Waals surface area contributed by atoms with Crippen molar-refractivity contribution in [1.82, 2.24) is 9.80 Å². The number of nitrogens with zero attached hydrogens (tertiary/aromatic N) is 2. The lowest BCUT2D eigenvalue weighted by Crippen LogP contribution is -2.52. The second-order valence-corrected chi connectivity index (χ2v) is 5.05. The van der Waals surface area contributed by atoms with E-state index < -0.39 is 11.5 Å². The molecule has 1 atom stereocenters. The summed E-state index contributed by atoms with van der Waals surface area (Å²) in [6.07, 6.45) is 0.343. The van der Waals surface area contributed by atoms with Crippen molar-refractivity contribution in [1.29, 1.82) is 0 Å². The van der Waals surface area contributed by atoms with Gasteiger partial charge in [0.2, 0.25) is 5.91 Å². The molecule has 6 heteroatoms. The molecule has 1 saturated heterocycles. The third kappa shape index (κ3) is 3.70. The van der Waals surface area contributed by atoms with E-state index in [4.69, 9.17) is 11.6 Å². The first-order valence-corrected chi connectivity index (χ1v) is 6.90. The molecule has 0 spiro atoms.